The molecule has 0 aliphatic heterocycles. The van der Waals surface area contributed by atoms with Crippen LogP contribution < -0.4 is 5.32 Å². The van der Waals surface area contributed by atoms with Crippen LogP contribution in [0.2, 0.25) is 0 Å². The van der Waals surface area contributed by atoms with E-state index < -0.39 is 0 Å². The Morgan fingerprint density at radius 3 is 2.82 bits per heavy atom. The number of halogens is 2. The Morgan fingerprint density at radius 2 is 2.24 bits per heavy atom. The van der Waals surface area contributed by atoms with E-state index in [4.69, 9.17) is 4.42 Å². The average Bonchev–Trinajstić information content (AvgIpc) is 2.77. The molecule has 1 atom stereocenters. The van der Waals surface area contributed by atoms with Gasteiger partial charge in [0.2, 0.25) is 0 Å². The van der Waals surface area contributed by atoms with Gasteiger partial charge in [0.1, 0.15) is 11.6 Å². The number of nitrogens with one attached hydrogen (secondary N) is 1. The first-order valence-corrected chi connectivity index (χ1v) is 6.14. The van der Waals surface area contributed by atoms with Gasteiger partial charge in [0.05, 0.1) is 12.3 Å². The first-order chi connectivity index (χ1) is 8.19. The van der Waals surface area contributed by atoms with Gasteiger partial charge in [0.25, 0.3) is 0 Å². The van der Waals surface area contributed by atoms with Crippen LogP contribution in [0.4, 0.5) is 4.39 Å². The largest absolute Gasteiger partial charge is 0.468 e. The minimum absolute atomic E-state index is 0.0544. The fourth-order valence-electron chi connectivity index (χ4n) is 1.80. The zero-order chi connectivity index (χ0) is 12.3. The minimum atomic E-state index is -0.233. The summed E-state index contributed by atoms with van der Waals surface area (Å²) in [6, 6.07) is 8.72. The lowest BCUT2D eigenvalue weighted by atomic mass is 10.0. The van der Waals surface area contributed by atoms with Gasteiger partial charge in [-0.05, 0) is 49.4 Å². The maximum Gasteiger partial charge on any atom is 0.124 e. The predicted molar refractivity (Wildman–Crippen MR) is 68.3 cm³/mol. The van der Waals surface area contributed by atoms with Crippen LogP contribution in [-0.4, -0.2) is 7.05 Å². The van der Waals surface area contributed by atoms with E-state index in [-0.39, 0.29) is 11.9 Å². The van der Waals surface area contributed by atoms with Gasteiger partial charge in [0.15, 0.2) is 0 Å². The van der Waals surface area contributed by atoms with E-state index >= 15 is 0 Å². The Hall–Kier alpha value is -1.13. The third-order valence-corrected chi connectivity index (χ3v) is 3.06. The molecule has 1 unspecified atom stereocenters. The van der Waals surface area contributed by atoms with E-state index in [0.717, 1.165) is 15.8 Å². The maximum atomic E-state index is 13.3. The van der Waals surface area contributed by atoms with E-state index in [0.29, 0.717) is 6.42 Å². The van der Waals surface area contributed by atoms with E-state index in [1.54, 1.807) is 6.26 Å². The van der Waals surface area contributed by atoms with Gasteiger partial charge in [-0.3, -0.25) is 0 Å². The summed E-state index contributed by atoms with van der Waals surface area (Å²) in [5, 5.41) is 3.16. The van der Waals surface area contributed by atoms with Crippen LogP contribution in [0.3, 0.4) is 0 Å². The standard InChI is InChI=1S/C13H13BrFNO/c1-16-12(13-3-2-4-17-13)7-9-5-10(14)8-11(15)6-9/h2-6,8,12,16H,7H2,1H3. The molecule has 0 aliphatic carbocycles. The SMILES string of the molecule is CNC(Cc1cc(F)cc(Br)c1)c1ccco1. The highest BCUT2D eigenvalue weighted by molar-refractivity contribution is 9.10. The molecule has 2 aromatic rings. The molecule has 2 rings (SSSR count). The molecule has 1 aromatic heterocycles. The van der Waals surface area contributed by atoms with Crippen molar-refractivity contribution in [2.45, 2.75) is 12.5 Å². The van der Waals surface area contributed by atoms with Gasteiger partial charge in [-0.15, -0.1) is 0 Å². The van der Waals surface area contributed by atoms with E-state index in [1.807, 2.05) is 25.2 Å². The summed E-state index contributed by atoms with van der Waals surface area (Å²) in [6.07, 6.45) is 2.32. The lowest BCUT2D eigenvalue weighted by molar-refractivity contribution is 0.429. The molecule has 0 radical (unpaired) electrons. The summed E-state index contributed by atoms with van der Waals surface area (Å²) in [4.78, 5) is 0. The number of likely N-dealkylation sites (N-methyl/N-ethyl adjacent to an activating group) is 1. The van der Waals surface area contributed by atoms with Crippen molar-refractivity contribution in [1.82, 2.24) is 5.32 Å². The number of benzene rings is 1. The number of rotatable bonds is 4. The smallest absolute Gasteiger partial charge is 0.124 e. The Balaban J connectivity index is 2.18. The van der Waals surface area contributed by atoms with Crippen LogP contribution in [0.5, 0.6) is 0 Å². The molecule has 90 valence electrons. The molecule has 4 heteroatoms. The van der Waals surface area contributed by atoms with Gasteiger partial charge in [-0.1, -0.05) is 15.9 Å². The lowest BCUT2D eigenvalue weighted by Crippen LogP contribution is -2.18. The van der Waals surface area contributed by atoms with Crippen LogP contribution in [0.1, 0.15) is 17.4 Å². The van der Waals surface area contributed by atoms with Crippen molar-refractivity contribution in [3.8, 4) is 0 Å². The van der Waals surface area contributed by atoms with Crippen LogP contribution >= 0.6 is 15.9 Å². The van der Waals surface area contributed by atoms with Crippen molar-refractivity contribution in [1.29, 1.82) is 0 Å². The second-order valence-corrected chi connectivity index (χ2v) is 4.75. The molecule has 17 heavy (non-hydrogen) atoms. The van der Waals surface area contributed by atoms with Crippen molar-refractivity contribution >= 4 is 15.9 Å². The lowest BCUT2D eigenvalue weighted by Gasteiger charge is -2.13. The van der Waals surface area contributed by atoms with E-state index in [2.05, 4.69) is 21.2 Å². The van der Waals surface area contributed by atoms with Crippen molar-refractivity contribution in [2.75, 3.05) is 7.05 Å². The second kappa shape index (κ2) is 5.47. The summed E-state index contributed by atoms with van der Waals surface area (Å²) in [5.41, 5.74) is 0.924. The van der Waals surface area contributed by atoms with Gasteiger partial charge in [-0.2, -0.15) is 0 Å². The molecule has 1 heterocycles. The maximum absolute atomic E-state index is 13.3. The molecule has 1 aromatic carbocycles. The fraction of sp³-hybridized carbons (Fsp3) is 0.231. The Kier molecular flexibility index (Phi) is 3.97. The van der Waals surface area contributed by atoms with Crippen LogP contribution in [0, 0.1) is 5.82 Å². The summed E-state index contributed by atoms with van der Waals surface area (Å²) >= 11 is 3.29. The summed E-state index contributed by atoms with van der Waals surface area (Å²) in [7, 11) is 1.86. The quantitative estimate of drug-likeness (QED) is 0.931. The first kappa shape index (κ1) is 12.3. The molecular formula is C13H13BrFNO. The third kappa shape index (κ3) is 3.17. The highest BCUT2D eigenvalue weighted by Crippen LogP contribution is 2.22. The molecule has 2 nitrogen and oxygen atoms in total. The van der Waals surface area contributed by atoms with Crippen molar-refractivity contribution in [3.05, 3.63) is 58.2 Å². The molecule has 1 N–H and O–H groups in total. The van der Waals surface area contributed by atoms with Crippen molar-refractivity contribution < 1.29 is 8.81 Å². The summed E-state index contributed by atoms with van der Waals surface area (Å²) < 4.78 is 19.4. The molecule has 0 amide bonds. The Bertz CT molecular complexity index is 464. The van der Waals surface area contributed by atoms with Crippen LogP contribution in [0.15, 0.2) is 45.5 Å². The summed E-state index contributed by atoms with van der Waals surface area (Å²) in [5.74, 6) is 0.622. The van der Waals surface area contributed by atoms with Gasteiger partial charge in [0, 0.05) is 4.47 Å². The van der Waals surface area contributed by atoms with E-state index in [1.165, 1.54) is 12.1 Å². The topological polar surface area (TPSA) is 25.2 Å². The number of hydrogen-bond acceptors (Lipinski definition) is 2. The second-order valence-electron chi connectivity index (χ2n) is 3.84. The molecule has 0 aliphatic rings. The van der Waals surface area contributed by atoms with Crippen LogP contribution in [0.25, 0.3) is 0 Å². The van der Waals surface area contributed by atoms with Crippen molar-refractivity contribution in [2.24, 2.45) is 0 Å². The highest BCUT2D eigenvalue weighted by atomic mass is 79.9. The third-order valence-electron chi connectivity index (χ3n) is 2.60. The molecular weight excluding hydrogens is 285 g/mol. The molecule has 0 bridgehead atoms. The Morgan fingerprint density at radius 1 is 1.41 bits per heavy atom. The van der Waals surface area contributed by atoms with Crippen molar-refractivity contribution in [3.63, 3.8) is 0 Å². The molecule has 0 spiro atoms. The van der Waals surface area contributed by atoms with Gasteiger partial charge < -0.3 is 9.73 Å². The van der Waals surface area contributed by atoms with E-state index in [9.17, 15) is 4.39 Å². The monoisotopic (exact) mass is 297 g/mol. The Labute approximate surface area is 108 Å². The molecule has 0 saturated heterocycles. The van der Waals surface area contributed by atoms with Gasteiger partial charge >= 0.3 is 0 Å². The predicted octanol–water partition coefficient (Wildman–Crippen LogP) is 3.68. The van der Waals surface area contributed by atoms with Gasteiger partial charge in [-0.25, -0.2) is 4.39 Å². The molecule has 0 saturated carbocycles. The van der Waals surface area contributed by atoms with Crippen LogP contribution in [-0.2, 0) is 6.42 Å². The average molecular weight is 298 g/mol. The number of hydrogen-bond donors (Lipinski definition) is 1. The highest BCUT2D eigenvalue weighted by Gasteiger charge is 2.13. The zero-order valence-electron chi connectivity index (χ0n) is 9.41. The summed E-state index contributed by atoms with van der Waals surface area (Å²) in [6.45, 7) is 0. The molecule has 0 fully saturated rings. The fourth-order valence-corrected chi connectivity index (χ4v) is 2.31. The zero-order valence-corrected chi connectivity index (χ0v) is 11.0. The number of furan rings is 1. The first-order valence-electron chi connectivity index (χ1n) is 5.34. The normalized spacial score (nSPS) is 12.6. The minimum Gasteiger partial charge on any atom is -0.468 e.